The number of nitrogens with zero attached hydrogens (tertiary/aromatic N) is 1. The monoisotopic (exact) mass is 279 g/mol. The lowest BCUT2D eigenvalue weighted by Gasteiger charge is -2.01. The first-order valence-electron chi connectivity index (χ1n) is 3.05. The van der Waals surface area contributed by atoms with Crippen LogP contribution in [0.4, 0.5) is 11.4 Å². The molecule has 0 heterocycles. The highest BCUT2D eigenvalue weighted by Gasteiger charge is 2.07. The van der Waals surface area contributed by atoms with Crippen molar-refractivity contribution >= 4 is 34.0 Å². The van der Waals surface area contributed by atoms with E-state index in [1.165, 1.54) is 12.1 Å². The summed E-state index contributed by atoms with van der Waals surface area (Å²) in [6, 6.07) is 4.42. The molecule has 0 atom stereocenters. The maximum Gasteiger partial charge on any atom is 0.270 e. The molecule has 5 nitrogen and oxygen atoms in total. The number of nitro benzene ring substituents is 1. The lowest BCUT2D eigenvalue weighted by Crippen LogP contribution is -2.08. The summed E-state index contributed by atoms with van der Waals surface area (Å²) in [6.45, 7) is 0. The van der Waals surface area contributed by atoms with Crippen LogP contribution < -0.4 is 11.3 Å². The fourth-order valence-corrected chi connectivity index (χ4v) is 1.39. The minimum Gasteiger partial charge on any atom is -0.323 e. The summed E-state index contributed by atoms with van der Waals surface area (Å²) in [5, 5.41) is 10.3. The van der Waals surface area contributed by atoms with Gasteiger partial charge in [0.2, 0.25) is 0 Å². The van der Waals surface area contributed by atoms with Gasteiger partial charge in [0.15, 0.2) is 0 Å². The highest BCUT2D eigenvalue weighted by Crippen LogP contribution is 2.22. The number of nitrogen functional groups attached to an aromatic ring is 1. The van der Waals surface area contributed by atoms with Crippen LogP contribution >= 0.6 is 22.6 Å². The molecule has 6 heteroatoms. The molecule has 12 heavy (non-hydrogen) atoms. The molecule has 0 aliphatic rings. The van der Waals surface area contributed by atoms with E-state index < -0.39 is 4.92 Å². The molecule has 0 aromatic heterocycles. The Labute approximate surface area is 82.2 Å². The van der Waals surface area contributed by atoms with E-state index in [1.807, 2.05) is 22.6 Å². The average molecular weight is 279 g/mol. The first kappa shape index (κ1) is 9.20. The van der Waals surface area contributed by atoms with Crippen LogP contribution in [-0.2, 0) is 0 Å². The van der Waals surface area contributed by atoms with Crippen molar-refractivity contribution in [2.75, 3.05) is 5.43 Å². The molecule has 0 radical (unpaired) electrons. The molecular weight excluding hydrogens is 273 g/mol. The fourth-order valence-electron chi connectivity index (χ4n) is 0.735. The molecule has 0 amide bonds. The van der Waals surface area contributed by atoms with Gasteiger partial charge in [-0.3, -0.25) is 16.0 Å². The van der Waals surface area contributed by atoms with Crippen molar-refractivity contribution < 1.29 is 4.92 Å². The van der Waals surface area contributed by atoms with Crippen molar-refractivity contribution in [2.45, 2.75) is 0 Å². The summed E-state index contributed by atoms with van der Waals surface area (Å²) in [6.07, 6.45) is 0. The Bertz CT molecular complexity index is 316. The minimum atomic E-state index is -0.442. The van der Waals surface area contributed by atoms with Crippen molar-refractivity contribution in [1.82, 2.24) is 0 Å². The number of halogens is 1. The lowest BCUT2D eigenvalue weighted by molar-refractivity contribution is -0.384. The third-order valence-electron chi connectivity index (χ3n) is 1.32. The molecule has 0 bridgehead atoms. The van der Waals surface area contributed by atoms with Crippen LogP contribution in [0, 0.1) is 13.7 Å². The third-order valence-corrected chi connectivity index (χ3v) is 2.21. The average Bonchev–Trinajstić information content (AvgIpc) is 2.04. The van der Waals surface area contributed by atoms with Gasteiger partial charge in [-0.2, -0.15) is 0 Å². The molecule has 0 aliphatic carbocycles. The quantitative estimate of drug-likeness (QED) is 0.372. The number of hydrogen-bond acceptors (Lipinski definition) is 4. The van der Waals surface area contributed by atoms with Gasteiger partial charge in [-0.05, 0) is 28.7 Å². The Morgan fingerprint density at radius 3 is 2.67 bits per heavy atom. The Hall–Kier alpha value is -0.890. The van der Waals surface area contributed by atoms with Gasteiger partial charge in [-0.1, -0.05) is 0 Å². The molecule has 64 valence electrons. The van der Waals surface area contributed by atoms with Gasteiger partial charge in [0.05, 0.1) is 10.6 Å². The van der Waals surface area contributed by atoms with Crippen molar-refractivity contribution in [3.63, 3.8) is 0 Å². The second kappa shape index (κ2) is 3.68. The second-order valence-corrected chi connectivity index (χ2v) is 3.23. The highest BCUT2D eigenvalue weighted by molar-refractivity contribution is 14.1. The zero-order chi connectivity index (χ0) is 9.14. The zero-order valence-electron chi connectivity index (χ0n) is 5.95. The molecule has 0 saturated heterocycles. The van der Waals surface area contributed by atoms with Crippen LogP contribution in [0.25, 0.3) is 0 Å². The van der Waals surface area contributed by atoms with E-state index in [2.05, 4.69) is 5.43 Å². The number of nitro groups is 1. The lowest BCUT2D eigenvalue weighted by atomic mass is 10.3. The van der Waals surface area contributed by atoms with E-state index >= 15 is 0 Å². The Morgan fingerprint density at radius 1 is 1.58 bits per heavy atom. The number of hydrazine groups is 1. The van der Waals surface area contributed by atoms with Gasteiger partial charge in [0.1, 0.15) is 0 Å². The Morgan fingerprint density at radius 2 is 2.25 bits per heavy atom. The maximum atomic E-state index is 10.3. The van der Waals surface area contributed by atoms with Crippen LogP contribution in [0.3, 0.4) is 0 Å². The number of benzene rings is 1. The standard InChI is InChI=1S/C6H6IN3O2/c7-5-3-4(10(11)12)1-2-6(5)9-8/h1-3,9H,8H2. The van der Waals surface area contributed by atoms with Crippen LogP contribution in [0.1, 0.15) is 0 Å². The summed E-state index contributed by atoms with van der Waals surface area (Å²) in [5.74, 6) is 5.15. The van der Waals surface area contributed by atoms with Crippen molar-refractivity contribution in [3.8, 4) is 0 Å². The first-order valence-corrected chi connectivity index (χ1v) is 4.13. The van der Waals surface area contributed by atoms with Crippen LogP contribution in [-0.4, -0.2) is 4.92 Å². The smallest absolute Gasteiger partial charge is 0.270 e. The predicted octanol–water partition coefficient (Wildman–Crippen LogP) is 1.49. The van der Waals surface area contributed by atoms with Gasteiger partial charge in [0.25, 0.3) is 5.69 Å². The van der Waals surface area contributed by atoms with Crippen molar-refractivity contribution in [1.29, 1.82) is 0 Å². The molecule has 1 aromatic rings. The summed E-state index contributed by atoms with van der Waals surface area (Å²) in [7, 11) is 0. The van der Waals surface area contributed by atoms with E-state index in [4.69, 9.17) is 5.84 Å². The molecule has 0 spiro atoms. The third kappa shape index (κ3) is 1.83. The predicted molar refractivity (Wildman–Crippen MR) is 53.6 cm³/mol. The molecule has 0 fully saturated rings. The Kier molecular flexibility index (Phi) is 2.82. The number of hydrogen-bond donors (Lipinski definition) is 2. The molecule has 0 saturated carbocycles. The summed E-state index contributed by atoms with van der Waals surface area (Å²) in [5.41, 5.74) is 3.18. The molecule has 1 aromatic carbocycles. The number of rotatable bonds is 2. The minimum absolute atomic E-state index is 0.0680. The molecule has 0 unspecified atom stereocenters. The first-order chi connectivity index (χ1) is 5.65. The molecule has 0 aliphatic heterocycles. The highest BCUT2D eigenvalue weighted by atomic mass is 127. The zero-order valence-corrected chi connectivity index (χ0v) is 8.11. The maximum absolute atomic E-state index is 10.3. The molecular formula is C6H6IN3O2. The molecule has 3 N–H and O–H groups in total. The molecule has 1 rings (SSSR count). The number of nitrogens with two attached hydrogens (primary N) is 1. The van der Waals surface area contributed by atoms with E-state index in [9.17, 15) is 10.1 Å². The van der Waals surface area contributed by atoms with Gasteiger partial charge in [-0.25, -0.2) is 0 Å². The number of nitrogens with one attached hydrogen (secondary N) is 1. The normalized spacial score (nSPS) is 9.50. The van der Waals surface area contributed by atoms with Gasteiger partial charge < -0.3 is 5.43 Å². The van der Waals surface area contributed by atoms with Gasteiger partial charge in [-0.15, -0.1) is 0 Å². The van der Waals surface area contributed by atoms with E-state index in [-0.39, 0.29) is 5.69 Å². The largest absolute Gasteiger partial charge is 0.323 e. The summed E-state index contributed by atoms with van der Waals surface area (Å²) in [4.78, 5) is 9.86. The van der Waals surface area contributed by atoms with Gasteiger partial charge >= 0.3 is 0 Å². The van der Waals surface area contributed by atoms with E-state index in [0.29, 0.717) is 5.69 Å². The van der Waals surface area contributed by atoms with Crippen molar-refractivity contribution in [3.05, 3.63) is 31.9 Å². The van der Waals surface area contributed by atoms with Crippen LogP contribution in [0.15, 0.2) is 18.2 Å². The van der Waals surface area contributed by atoms with Crippen LogP contribution in [0.2, 0.25) is 0 Å². The topological polar surface area (TPSA) is 81.2 Å². The Balaban J connectivity index is 3.10. The number of anilines is 1. The SMILES string of the molecule is NNc1ccc([N+](=O)[O-])cc1I. The van der Waals surface area contributed by atoms with Crippen molar-refractivity contribution in [2.24, 2.45) is 5.84 Å². The van der Waals surface area contributed by atoms with Gasteiger partial charge in [0, 0.05) is 15.7 Å². The van der Waals surface area contributed by atoms with E-state index in [0.717, 1.165) is 3.57 Å². The number of non-ortho nitro benzene ring substituents is 1. The fraction of sp³-hybridized carbons (Fsp3) is 0. The van der Waals surface area contributed by atoms with Crippen LogP contribution in [0.5, 0.6) is 0 Å². The van der Waals surface area contributed by atoms with E-state index in [1.54, 1.807) is 6.07 Å². The summed E-state index contributed by atoms with van der Waals surface area (Å²) >= 11 is 1.97. The second-order valence-electron chi connectivity index (χ2n) is 2.07. The summed E-state index contributed by atoms with van der Waals surface area (Å²) < 4.78 is 0.726.